The van der Waals surface area contributed by atoms with Crippen LogP contribution in [-0.2, 0) is 9.59 Å². The van der Waals surface area contributed by atoms with Crippen molar-refractivity contribution in [3.05, 3.63) is 23.8 Å². The van der Waals surface area contributed by atoms with E-state index in [1.165, 1.54) is 28.4 Å². The first-order valence-electron chi connectivity index (χ1n) is 9.01. The Hall–Kier alpha value is -1.96. The molecule has 4 saturated heterocycles. The van der Waals surface area contributed by atoms with Crippen LogP contribution in [0.4, 0.5) is 0 Å². The molecule has 2 amide bonds. The van der Waals surface area contributed by atoms with Crippen LogP contribution in [0.5, 0.6) is 11.5 Å². The molecule has 10 heteroatoms. The number of hydrogen-bond acceptors (Lipinski definition) is 8. The first kappa shape index (κ1) is 19.0. The summed E-state index contributed by atoms with van der Waals surface area (Å²) >= 11 is 7.97. The van der Waals surface area contributed by atoms with Crippen molar-refractivity contribution in [3.63, 3.8) is 0 Å². The average Bonchev–Trinajstić information content (AvgIpc) is 3.21. The Morgan fingerprint density at radius 3 is 2.66 bits per heavy atom. The third-order valence-electron chi connectivity index (χ3n) is 6.25. The van der Waals surface area contributed by atoms with Crippen molar-refractivity contribution in [2.45, 2.75) is 36.1 Å². The predicted octanol–water partition coefficient (Wildman–Crippen LogP) is 2.87. The average molecular weight is 448 g/mol. The van der Waals surface area contributed by atoms with Crippen LogP contribution in [0.15, 0.2) is 18.2 Å². The SMILES string of the molecule is CN1C(=O)[C@@]23C[C@](C)(C#N)[C@H](c4ccc5c(c4)OCO5)N2C(=O)[C@]1(C)SC(=S)S3. The first-order valence-corrected chi connectivity index (χ1v) is 11.1. The minimum absolute atomic E-state index is 0.133. The van der Waals surface area contributed by atoms with E-state index in [0.29, 0.717) is 15.0 Å². The highest BCUT2D eigenvalue weighted by Crippen LogP contribution is 2.65. The van der Waals surface area contributed by atoms with E-state index in [2.05, 4.69) is 6.07 Å². The van der Waals surface area contributed by atoms with Gasteiger partial charge in [-0.2, -0.15) is 5.26 Å². The van der Waals surface area contributed by atoms with Gasteiger partial charge in [0.25, 0.3) is 11.8 Å². The van der Waals surface area contributed by atoms with Crippen LogP contribution in [0.2, 0.25) is 0 Å². The maximum atomic E-state index is 13.8. The maximum absolute atomic E-state index is 13.8. The van der Waals surface area contributed by atoms with E-state index in [-0.39, 0.29) is 25.0 Å². The number of nitrogens with zero attached hydrogens (tertiary/aromatic N) is 3. The first-order chi connectivity index (χ1) is 13.7. The summed E-state index contributed by atoms with van der Waals surface area (Å²) in [6.07, 6.45) is 0.200. The van der Waals surface area contributed by atoms with Crippen molar-refractivity contribution in [2.75, 3.05) is 13.8 Å². The Balaban J connectivity index is 1.74. The van der Waals surface area contributed by atoms with Gasteiger partial charge in [-0.3, -0.25) is 9.59 Å². The fraction of sp³-hybridized carbons (Fsp3) is 0.474. The molecule has 0 saturated carbocycles. The van der Waals surface area contributed by atoms with Crippen LogP contribution in [0.25, 0.3) is 0 Å². The van der Waals surface area contributed by atoms with Crippen molar-refractivity contribution in [1.29, 1.82) is 5.26 Å². The molecule has 0 unspecified atom stereocenters. The van der Waals surface area contributed by atoms with Gasteiger partial charge in [-0.1, -0.05) is 41.8 Å². The number of hydrogen-bond donors (Lipinski definition) is 0. The molecule has 29 heavy (non-hydrogen) atoms. The van der Waals surface area contributed by atoms with Gasteiger partial charge >= 0.3 is 0 Å². The van der Waals surface area contributed by atoms with Gasteiger partial charge in [0, 0.05) is 13.5 Å². The fourth-order valence-corrected chi connectivity index (χ4v) is 8.57. The largest absolute Gasteiger partial charge is 0.454 e. The van der Waals surface area contributed by atoms with Gasteiger partial charge in [-0.15, -0.1) is 0 Å². The van der Waals surface area contributed by atoms with E-state index in [4.69, 9.17) is 21.7 Å². The van der Waals surface area contributed by atoms with Crippen molar-refractivity contribution in [2.24, 2.45) is 5.41 Å². The van der Waals surface area contributed by atoms with Crippen molar-refractivity contribution in [3.8, 4) is 17.6 Å². The number of ether oxygens (including phenoxy) is 2. The molecule has 0 aliphatic carbocycles. The molecule has 5 heterocycles. The van der Waals surface area contributed by atoms with Crippen LogP contribution in [-0.4, -0.2) is 48.7 Å². The molecule has 0 aromatic heterocycles. The van der Waals surface area contributed by atoms with Gasteiger partial charge in [0.2, 0.25) is 6.79 Å². The van der Waals surface area contributed by atoms with Crippen molar-refractivity contribution >= 4 is 51.1 Å². The van der Waals surface area contributed by atoms with E-state index >= 15 is 0 Å². The number of benzene rings is 1. The summed E-state index contributed by atoms with van der Waals surface area (Å²) in [5.74, 6) is 0.793. The summed E-state index contributed by atoms with van der Waals surface area (Å²) in [6.45, 7) is 3.66. The summed E-state index contributed by atoms with van der Waals surface area (Å²) in [4.78, 5) is 28.1. The monoisotopic (exact) mass is 447 g/mol. The summed E-state index contributed by atoms with van der Waals surface area (Å²) in [5, 5.41) is 10.1. The fourth-order valence-electron chi connectivity index (χ4n) is 4.72. The molecule has 5 aliphatic heterocycles. The molecule has 1 aromatic rings. The summed E-state index contributed by atoms with van der Waals surface area (Å²) in [7, 11) is 1.64. The lowest BCUT2D eigenvalue weighted by Gasteiger charge is -2.50. The number of piperazine rings is 1. The second-order valence-electron chi connectivity index (χ2n) is 7.98. The maximum Gasteiger partial charge on any atom is 0.261 e. The topological polar surface area (TPSA) is 82.9 Å². The number of likely N-dealkylation sites (N-methyl/N-ethyl adjacent to an activating group) is 1. The van der Waals surface area contributed by atoms with Crippen LogP contribution in [0.3, 0.4) is 0 Å². The quantitative estimate of drug-likeness (QED) is 0.608. The number of nitriles is 1. The highest BCUT2D eigenvalue weighted by Gasteiger charge is 2.73. The molecule has 6 rings (SSSR count). The van der Waals surface area contributed by atoms with Crippen LogP contribution >= 0.6 is 35.7 Å². The molecule has 1 aromatic carbocycles. The molecule has 7 nitrogen and oxygen atoms in total. The molecular formula is C19H17N3O4S3. The zero-order chi connectivity index (χ0) is 20.8. The normalized spacial score (nSPS) is 37.6. The van der Waals surface area contributed by atoms with Crippen molar-refractivity contribution in [1.82, 2.24) is 9.80 Å². The van der Waals surface area contributed by atoms with E-state index < -0.39 is 21.2 Å². The molecule has 150 valence electrons. The zero-order valence-electron chi connectivity index (χ0n) is 15.9. The highest BCUT2D eigenvalue weighted by molar-refractivity contribution is 8.48. The van der Waals surface area contributed by atoms with E-state index in [1.807, 2.05) is 6.07 Å². The molecule has 2 bridgehead atoms. The number of carbonyl (C=O) groups is 2. The standard InChI is InChI=1S/C19H17N3O4S3/c1-17(8-20)7-19-15(24)21(3)18(2,28-16(27)29-19)14(23)22(19)13(17)10-4-5-11-12(6-10)26-9-25-11/h4-6,13H,7,9H2,1-3H3/t13-,17+,18-,19-/m0/s1. The van der Waals surface area contributed by atoms with Gasteiger partial charge in [-0.05, 0) is 31.5 Å². The summed E-state index contributed by atoms with van der Waals surface area (Å²) in [6, 6.07) is 7.21. The summed E-state index contributed by atoms with van der Waals surface area (Å²) in [5.41, 5.74) is -0.234. The molecule has 5 aliphatic rings. The minimum Gasteiger partial charge on any atom is -0.454 e. The number of rotatable bonds is 1. The third kappa shape index (κ3) is 2.24. The lowest BCUT2D eigenvalue weighted by Crippen LogP contribution is -2.69. The minimum atomic E-state index is -1.22. The van der Waals surface area contributed by atoms with Crippen LogP contribution in [0.1, 0.15) is 31.9 Å². The van der Waals surface area contributed by atoms with Gasteiger partial charge in [0.15, 0.2) is 21.2 Å². The van der Waals surface area contributed by atoms with Gasteiger partial charge in [0.1, 0.15) is 3.53 Å². The Kier molecular flexibility index (Phi) is 3.81. The van der Waals surface area contributed by atoms with E-state index in [9.17, 15) is 14.9 Å². The highest BCUT2D eigenvalue weighted by atomic mass is 32.2. The number of amides is 2. The number of fused-ring (bicyclic) bond motifs is 4. The zero-order valence-corrected chi connectivity index (χ0v) is 18.4. The Bertz CT molecular complexity index is 1040. The van der Waals surface area contributed by atoms with Crippen LogP contribution < -0.4 is 9.47 Å². The molecular weight excluding hydrogens is 430 g/mol. The van der Waals surface area contributed by atoms with Crippen LogP contribution in [0, 0.1) is 16.7 Å². The smallest absolute Gasteiger partial charge is 0.261 e. The molecule has 0 radical (unpaired) electrons. The van der Waals surface area contributed by atoms with Gasteiger partial charge in [-0.25, -0.2) is 0 Å². The Morgan fingerprint density at radius 1 is 1.21 bits per heavy atom. The lowest BCUT2D eigenvalue weighted by molar-refractivity contribution is -0.163. The summed E-state index contributed by atoms with van der Waals surface area (Å²) < 4.78 is 11.4. The van der Waals surface area contributed by atoms with E-state index in [1.54, 1.807) is 37.9 Å². The molecule has 4 atom stereocenters. The van der Waals surface area contributed by atoms with Gasteiger partial charge < -0.3 is 19.3 Å². The Morgan fingerprint density at radius 2 is 1.93 bits per heavy atom. The second kappa shape index (κ2) is 5.80. The Labute approximate surface area is 181 Å². The molecule has 1 spiro atoms. The van der Waals surface area contributed by atoms with E-state index in [0.717, 1.165) is 5.56 Å². The number of thiocarbonyl (C=S) groups is 1. The lowest BCUT2D eigenvalue weighted by atomic mass is 9.79. The second-order valence-corrected chi connectivity index (χ2v) is 11.9. The number of thioether (sulfide) groups is 2. The van der Waals surface area contributed by atoms with Crippen molar-refractivity contribution < 1.29 is 19.1 Å². The predicted molar refractivity (Wildman–Crippen MR) is 112 cm³/mol. The third-order valence-corrected chi connectivity index (χ3v) is 9.29. The molecule has 0 N–H and O–H groups in total. The van der Waals surface area contributed by atoms with Gasteiger partial charge in [0.05, 0.1) is 17.5 Å². The number of carbonyl (C=O) groups excluding carboxylic acids is 2. The molecule has 4 fully saturated rings.